The van der Waals surface area contributed by atoms with E-state index in [2.05, 4.69) is 51.0 Å². The molecular weight excluding hydrogens is 530 g/mol. The third-order valence-electron chi connectivity index (χ3n) is 6.00. The maximum Gasteiger partial charge on any atom is 0.249 e. The maximum atomic E-state index is 11.2. The Labute approximate surface area is 234 Å². The van der Waals surface area contributed by atoms with Crippen molar-refractivity contribution >= 4 is 66.5 Å². The van der Waals surface area contributed by atoms with Crippen molar-refractivity contribution in [2.45, 2.75) is 40.0 Å². The van der Waals surface area contributed by atoms with Gasteiger partial charge in [0, 0.05) is 24.6 Å². The van der Waals surface area contributed by atoms with Gasteiger partial charge in [-0.05, 0) is 93.3 Å². The minimum absolute atomic E-state index is 0.00828. The van der Waals surface area contributed by atoms with Gasteiger partial charge in [-0.25, -0.2) is 0 Å². The third-order valence-corrected chi connectivity index (χ3v) is 7.67. The van der Waals surface area contributed by atoms with Crippen LogP contribution in [0.15, 0.2) is 79.2 Å². The zero-order valence-electron chi connectivity index (χ0n) is 21.9. The molecule has 1 aliphatic heterocycles. The molecule has 12 heteroatoms. The first-order valence-electron chi connectivity index (χ1n) is 12.6. The Hall–Kier alpha value is -4.03. The Morgan fingerprint density at radius 2 is 1.49 bits per heavy atom. The Kier molecular flexibility index (Phi) is 8.33. The van der Waals surface area contributed by atoms with E-state index < -0.39 is 0 Å². The molecule has 0 radical (unpaired) electrons. The summed E-state index contributed by atoms with van der Waals surface area (Å²) in [4.78, 5) is 17.8. The summed E-state index contributed by atoms with van der Waals surface area (Å²) in [5, 5.41) is 28.6. The van der Waals surface area contributed by atoms with E-state index in [-0.39, 0.29) is 12.2 Å². The smallest absolute Gasteiger partial charge is 0.249 e. The number of thiophene rings is 1. The average molecular weight is 558 g/mol. The lowest BCUT2D eigenvalue weighted by Crippen LogP contribution is -2.15. The van der Waals surface area contributed by atoms with Crippen LogP contribution in [0.1, 0.15) is 36.7 Å². The lowest BCUT2D eigenvalue weighted by Gasteiger charge is -2.13. The number of benzene rings is 2. The summed E-state index contributed by atoms with van der Waals surface area (Å²) >= 11 is 2.79. The Balaban J connectivity index is 1.21. The second-order valence-electron chi connectivity index (χ2n) is 9.22. The van der Waals surface area contributed by atoms with Gasteiger partial charge in [-0.15, -0.1) is 20.5 Å². The molecule has 0 bridgehead atoms. The van der Waals surface area contributed by atoms with Crippen LogP contribution < -0.4 is 4.90 Å². The van der Waals surface area contributed by atoms with Crippen LogP contribution in [0.4, 0.5) is 37.9 Å². The molecular formula is C27H27N9OS2. The molecule has 0 N–H and O–H groups in total. The highest BCUT2D eigenvalue weighted by Gasteiger charge is 2.14. The van der Waals surface area contributed by atoms with Gasteiger partial charge < -0.3 is 4.90 Å². The zero-order chi connectivity index (χ0) is 27.2. The van der Waals surface area contributed by atoms with Crippen LogP contribution in [0.25, 0.3) is 0 Å². The second kappa shape index (κ2) is 12.2. The lowest BCUT2D eigenvalue weighted by atomic mass is 10.2. The number of carbonyl (C=O) groups is 1. The monoisotopic (exact) mass is 557 g/mol. The van der Waals surface area contributed by atoms with Crippen molar-refractivity contribution in [1.29, 1.82) is 0 Å². The van der Waals surface area contributed by atoms with Gasteiger partial charge in [-0.2, -0.15) is 19.6 Å². The highest BCUT2D eigenvalue weighted by Crippen LogP contribution is 2.35. The predicted molar refractivity (Wildman–Crippen MR) is 155 cm³/mol. The van der Waals surface area contributed by atoms with Gasteiger partial charge in [0.15, 0.2) is 5.82 Å². The van der Waals surface area contributed by atoms with Gasteiger partial charge in [0.2, 0.25) is 5.13 Å². The number of hydrogen-bond acceptors (Lipinski definition) is 12. The van der Waals surface area contributed by atoms with Gasteiger partial charge in [-0.3, -0.25) is 4.79 Å². The van der Waals surface area contributed by atoms with E-state index in [1.807, 2.05) is 56.3 Å². The molecule has 0 aliphatic carbocycles. The van der Waals surface area contributed by atoms with E-state index in [9.17, 15) is 4.79 Å². The molecule has 10 nitrogen and oxygen atoms in total. The number of Topliss-reactive ketones (excluding diaryl/α,β-unsaturated/α-hetero) is 1. The van der Waals surface area contributed by atoms with Crippen LogP contribution in [-0.4, -0.2) is 28.2 Å². The molecule has 39 heavy (non-hydrogen) atoms. The van der Waals surface area contributed by atoms with Crippen LogP contribution in [0.5, 0.6) is 0 Å². The summed E-state index contributed by atoms with van der Waals surface area (Å²) in [5.74, 6) is 0.475. The molecule has 0 unspecified atom stereocenters. The number of anilines is 1. The summed E-state index contributed by atoms with van der Waals surface area (Å²) in [5.41, 5.74) is 4.81. The van der Waals surface area contributed by atoms with Crippen molar-refractivity contribution in [3.8, 4) is 0 Å². The molecule has 1 aliphatic rings. The first kappa shape index (κ1) is 26.6. The van der Waals surface area contributed by atoms with Crippen LogP contribution in [0.2, 0.25) is 0 Å². The lowest BCUT2D eigenvalue weighted by molar-refractivity contribution is -0.116. The van der Waals surface area contributed by atoms with E-state index in [0.29, 0.717) is 22.3 Å². The molecule has 5 rings (SSSR count). The number of rotatable bonds is 9. The Bertz CT molecular complexity index is 1560. The zero-order valence-corrected chi connectivity index (χ0v) is 23.5. The Morgan fingerprint density at radius 1 is 0.846 bits per heavy atom. The number of nitrogens with zero attached hydrogens (tertiary/aromatic N) is 9. The summed E-state index contributed by atoms with van der Waals surface area (Å²) in [6, 6.07) is 15.5. The molecule has 4 aromatic rings. The molecule has 0 amide bonds. The van der Waals surface area contributed by atoms with Crippen LogP contribution >= 0.6 is 22.9 Å². The number of aromatic nitrogens is 2. The standard InChI is InChI=1S/C27H27N9OS2/c1-17-15-21(30-33-25-10-11-26(38-25)36-12-4-5-13-36)7-8-22(17)31-29-20-6-9-23(18(2)14-20)32-34-27-28-24(35-39-27)16-19(3)37/h6-11,14-15H,4-5,12-13,16H2,1-3H3. The maximum absolute atomic E-state index is 11.2. The van der Waals surface area contributed by atoms with E-state index in [1.165, 1.54) is 24.8 Å². The molecule has 0 spiro atoms. The van der Waals surface area contributed by atoms with E-state index in [0.717, 1.165) is 52.1 Å². The van der Waals surface area contributed by atoms with Gasteiger partial charge in [0.05, 0.1) is 34.2 Å². The summed E-state index contributed by atoms with van der Waals surface area (Å²) in [6.07, 6.45) is 2.71. The van der Waals surface area contributed by atoms with Crippen molar-refractivity contribution in [2.24, 2.45) is 30.7 Å². The molecule has 1 fully saturated rings. The number of azo groups is 3. The minimum atomic E-state index is 0.00828. The molecule has 198 valence electrons. The van der Waals surface area contributed by atoms with E-state index in [4.69, 9.17) is 0 Å². The minimum Gasteiger partial charge on any atom is -0.363 e. The highest BCUT2D eigenvalue weighted by atomic mass is 32.1. The number of ketones is 1. The first-order valence-corrected chi connectivity index (χ1v) is 14.2. The number of aryl methyl sites for hydroxylation is 2. The van der Waals surface area contributed by atoms with Crippen LogP contribution in [0.3, 0.4) is 0 Å². The predicted octanol–water partition coefficient (Wildman–Crippen LogP) is 9.19. The van der Waals surface area contributed by atoms with Crippen molar-refractivity contribution in [3.05, 3.63) is 65.5 Å². The molecule has 1 saturated heterocycles. The van der Waals surface area contributed by atoms with Gasteiger partial charge in [-0.1, -0.05) is 11.3 Å². The molecule has 0 saturated carbocycles. The van der Waals surface area contributed by atoms with Gasteiger partial charge in [0.1, 0.15) is 10.8 Å². The largest absolute Gasteiger partial charge is 0.363 e. The summed E-state index contributed by atoms with van der Waals surface area (Å²) in [6.45, 7) is 7.66. The molecule has 2 aromatic heterocycles. The second-order valence-corrected chi connectivity index (χ2v) is 11.0. The third kappa shape index (κ3) is 7.09. The van der Waals surface area contributed by atoms with Gasteiger partial charge in [0.25, 0.3) is 0 Å². The van der Waals surface area contributed by atoms with Gasteiger partial charge >= 0.3 is 0 Å². The van der Waals surface area contributed by atoms with E-state index in [1.54, 1.807) is 11.3 Å². The van der Waals surface area contributed by atoms with Crippen molar-refractivity contribution in [2.75, 3.05) is 18.0 Å². The molecule has 0 atom stereocenters. The van der Waals surface area contributed by atoms with Crippen LogP contribution in [0, 0.1) is 13.8 Å². The fraction of sp³-hybridized carbons (Fsp3) is 0.296. The number of hydrogen-bond donors (Lipinski definition) is 0. The SMILES string of the molecule is CC(=O)Cc1nsc(N=Nc2ccc(N=Nc3ccc(N=Nc4ccc(N5CCCC5)s4)cc3C)cc2C)n1. The van der Waals surface area contributed by atoms with Crippen LogP contribution in [-0.2, 0) is 11.2 Å². The quantitative estimate of drug-likeness (QED) is 0.190. The summed E-state index contributed by atoms with van der Waals surface area (Å²) in [7, 11) is 0. The van der Waals surface area contributed by atoms with Crippen molar-refractivity contribution < 1.29 is 4.79 Å². The molecule has 2 aromatic carbocycles. The topological polar surface area (TPSA) is 120 Å². The van der Waals surface area contributed by atoms with Crippen molar-refractivity contribution in [1.82, 2.24) is 9.36 Å². The molecule has 3 heterocycles. The fourth-order valence-corrected chi connectivity index (χ4v) is 5.40. The average Bonchev–Trinajstić information content (AvgIpc) is 3.68. The van der Waals surface area contributed by atoms with Crippen molar-refractivity contribution in [3.63, 3.8) is 0 Å². The fourth-order valence-electron chi connectivity index (χ4n) is 4.00. The summed E-state index contributed by atoms with van der Waals surface area (Å²) < 4.78 is 4.13. The normalized spacial score (nSPS) is 14.0. The first-order chi connectivity index (χ1) is 18.9. The number of carbonyl (C=O) groups excluding carboxylic acids is 1. The highest BCUT2D eigenvalue weighted by molar-refractivity contribution is 7.19. The Morgan fingerprint density at radius 3 is 2.13 bits per heavy atom. The van der Waals surface area contributed by atoms with E-state index >= 15 is 0 Å².